The molecule has 0 fully saturated rings. The molecule has 71 valence electrons. The predicted molar refractivity (Wildman–Crippen MR) is 51.8 cm³/mol. The van der Waals surface area contributed by atoms with Crippen LogP contribution in [0.1, 0.15) is 5.56 Å². The van der Waals surface area contributed by atoms with E-state index >= 15 is 0 Å². The van der Waals surface area contributed by atoms with E-state index in [9.17, 15) is 4.79 Å². The molecule has 0 saturated heterocycles. The molecule has 1 aromatic carbocycles. The Bertz CT molecular complexity index is 361. The lowest BCUT2D eigenvalue weighted by Gasteiger charge is -2.21. The van der Waals surface area contributed by atoms with Crippen LogP contribution in [-0.2, 0) is 15.2 Å². The first-order valence-corrected chi connectivity index (χ1v) is 4.33. The molecule has 1 aliphatic heterocycles. The van der Waals surface area contributed by atoms with Crippen LogP contribution in [0.25, 0.3) is 0 Å². The van der Waals surface area contributed by atoms with Gasteiger partial charge in [0.1, 0.15) is 0 Å². The zero-order valence-electron chi connectivity index (χ0n) is 7.81. The van der Waals surface area contributed by atoms with Crippen LogP contribution in [0, 0.1) is 0 Å². The molecule has 0 aliphatic carbocycles. The molecule has 14 heavy (non-hydrogen) atoms. The fourth-order valence-corrected chi connectivity index (χ4v) is 1.44. The minimum absolute atomic E-state index is 0.788. The van der Waals surface area contributed by atoms with E-state index in [-0.39, 0.29) is 0 Å². The van der Waals surface area contributed by atoms with Gasteiger partial charge in [-0.3, -0.25) is 9.86 Å². The first-order valence-electron chi connectivity index (χ1n) is 4.33. The number of hydrogen-bond acceptors (Lipinski definition) is 3. The minimum Gasteiger partial charge on any atom is -0.286 e. The number of rotatable bonds is 2. The monoisotopic (exact) mass is 188 g/mol. The Hall–Kier alpha value is -1.61. The molecule has 1 radical (unpaired) electrons. The second-order valence-corrected chi connectivity index (χ2v) is 3.16. The van der Waals surface area contributed by atoms with Gasteiger partial charge in [-0.15, -0.1) is 0 Å². The molecule has 1 heterocycles. The lowest BCUT2D eigenvalue weighted by molar-refractivity contribution is -0.139. The molecule has 0 spiro atoms. The highest BCUT2D eigenvalue weighted by atomic mass is 16.7. The van der Waals surface area contributed by atoms with Crippen molar-refractivity contribution in [2.45, 2.75) is 5.60 Å². The van der Waals surface area contributed by atoms with Crippen molar-refractivity contribution < 1.29 is 9.63 Å². The average molecular weight is 188 g/mol. The molecule has 3 heteroatoms. The van der Waals surface area contributed by atoms with Crippen LogP contribution in [0.3, 0.4) is 0 Å². The van der Waals surface area contributed by atoms with E-state index in [1.54, 1.807) is 19.3 Å². The highest BCUT2D eigenvalue weighted by Gasteiger charge is 2.37. The molecule has 3 nitrogen and oxygen atoms in total. The molecular weight excluding hydrogens is 178 g/mol. The Kier molecular flexibility index (Phi) is 2.09. The van der Waals surface area contributed by atoms with E-state index < -0.39 is 5.60 Å². The summed E-state index contributed by atoms with van der Waals surface area (Å²) in [5.41, 5.74) is -0.272. The van der Waals surface area contributed by atoms with Crippen LogP contribution in [0.4, 0.5) is 0 Å². The number of hydrogen-bond donors (Lipinski definition) is 0. The van der Waals surface area contributed by atoms with Gasteiger partial charge in [-0.1, -0.05) is 30.3 Å². The van der Waals surface area contributed by atoms with Crippen molar-refractivity contribution in [2.75, 3.05) is 7.05 Å². The maximum Gasteiger partial charge on any atom is 0.245 e. The van der Waals surface area contributed by atoms with Gasteiger partial charge in [0, 0.05) is 13.2 Å². The summed E-state index contributed by atoms with van der Waals surface area (Å²) in [7, 11) is 1.73. The van der Waals surface area contributed by atoms with E-state index in [2.05, 4.69) is 0 Å². The van der Waals surface area contributed by atoms with Crippen LogP contribution in [0.5, 0.6) is 0 Å². The molecule has 1 aromatic rings. The Balaban J connectivity index is 2.40. The third-order valence-corrected chi connectivity index (χ3v) is 2.16. The van der Waals surface area contributed by atoms with E-state index in [0.717, 1.165) is 5.56 Å². The average Bonchev–Trinajstić information content (AvgIpc) is 2.63. The zero-order valence-corrected chi connectivity index (χ0v) is 7.81. The Morgan fingerprint density at radius 2 is 2.07 bits per heavy atom. The Morgan fingerprint density at radius 1 is 1.36 bits per heavy atom. The topological polar surface area (TPSA) is 29.5 Å². The molecule has 1 aliphatic rings. The van der Waals surface area contributed by atoms with Crippen LogP contribution in [0.15, 0.2) is 42.6 Å². The van der Waals surface area contributed by atoms with E-state index in [0.29, 0.717) is 0 Å². The molecule has 1 unspecified atom stereocenters. The molecule has 1 atom stereocenters. The SMILES string of the molecule is CN1C=CC([C]=O)(c2ccccc2)O1. The Labute approximate surface area is 82.5 Å². The molecule has 0 amide bonds. The first kappa shape index (κ1) is 8.97. The number of carbonyl (C=O) groups excluding carboxylic acids is 1. The highest BCUT2D eigenvalue weighted by Crippen LogP contribution is 2.30. The minimum atomic E-state index is -1.06. The van der Waals surface area contributed by atoms with Crippen molar-refractivity contribution >= 4 is 6.29 Å². The van der Waals surface area contributed by atoms with E-state index in [1.165, 1.54) is 5.06 Å². The van der Waals surface area contributed by atoms with Gasteiger partial charge in [0.05, 0.1) is 0 Å². The third kappa shape index (κ3) is 1.32. The molecule has 0 N–H and O–H groups in total. The van der Waals surface area contributed by atoms with Gasteiger partial charge >= 0.3 is 0 Å². The maximum atomic E-state index is 10.9. The number of hydroxylamine groups is 2. The third-order valence-electron chi connectivity index (χ3n) is 2.16. The fourth-order valence-electron chi connectivity index (χ4n) is 1.44. The first-order chi connectivity index (χ1) is 6.77. The van der Waals surface area contributed by atoms with Gasteiger partial charge in [-0.25, -0.2) is 4.84 Å². The summed E-state index contributed by atoms with van der Waals surface area (Å²) in [5, 5.41) is 1.50. The maximum absolute atomic E-state index is 10.9. The van der Waals surface area contributed by atoms with Gasteiger partial charge in [0.2, 0.25) is 11.9 Å². The summed E-state index contributed by atoms with van der Waals surface area (Å²) in [4.78, 5) is 16.3. The summed E-state index contributed by atoms with van der Waals surface area (Å²) in [6, 6.07) is 9.31. The van der Waals surface area contributed by atoms with Crippen molar-refractivity contribution in [3.05, 3.63) is 48.2 Å². The largest absolute Gasteiger partial charge is 0.286 e. The second kappa shape index (κ2) is 3.27. The molecule has 0 bridgehead atoms. The van der Waals surface area contributed by atoms with Crippen molar-refractivity contribution in [1.29, 1.82) is 0 Å². The smallest absolute Gasteiger partial charge is 0.245 e. The molecular formula is C11H10NO2. The lowest BCUT2D eigenvalue weighted by atomic mass is 9.96. The van der Waals surface area contributed by atoms with Crippen LogP contribution < -0.4 is 0 Å². The van der Waals surface area contributed by atoms with Gasteiger partial charge in [0.25, 0.3) is 0 Å². The van der Waals surface area contributed by atoms with Crippen molar-refractivity contribution in [2.24, 2.45) is 0 Å². The van der Waals surface area contributed by atoms with Gasteiger partial charge < -0.3 is 0 Å². The summed E-state index contributed by atoms with van der Waals surface area (Å²) in [5.74, 6) is 0. The number of benzene rings is 1. The summed E-state index contributed by atoms with van der Waals surface area (Å²) in [6.07, 6.45) is 5.32. The lowest BCUT2D eigenvalue weighted by Crippen LogP contribution is -2.29. The zero-order chi connectivity index (χ0) is 10.0. The molecule has 2 rings (SSSR count). The molecule has 0 saturated carbocycles. The fraction of sp³-hybridized carbons (Fsp3) is 0.182. The summed E-state index contributed by atoms with van der Waals surface area (Å²) < 4.78 is 0. The predicted octanol–water partition coefficient (Wildman–Crippen LogP) is 1.38. The summed E-state index contributed by atoms with van der Waals surface area (Å²) in [6.45, 7) is 0. The van der Waals surface area contributed by atoms with Crippen molar-refractivity contribution in [1.82, 2.24) is 5.06 Å². The second-order valence-electron chi connectivity index (χ2n) is 3.16. The summed E-state index contributed by atoms with van der Waals surface area (Å²) >= 11 is 0. The van der Waals surface area contributed by atoms with Crippen LogP contribution in [-0.4, -0.2) is 18.4 Å². The Morgan fingerprint density at radius 3 is 2.57 bits per heavy atom. The van der Waals surface area contributed by atoms with E-state index in [1.807, 2.05) is 36.6 Å². The van der Waals surface area contributed by atoms with Crippen LogP contribution >= 0.6 is 0 Å². The standard InChI is InChI=1S/C11H10NO2/c1-12-8-7-11(9-13,14-12)10-5-3-2-4-6-10/h2-8H,1H3. The number of nitrogens with zero attached hydrogens (tertiary/aromatic N) is 1. The van der Waals surface area contributed by atoms with Gasteiger partial charge in [-0.05, 0) is 11.6 Å². The van der Waals surface area contributed by atoms with Gasteiger partial charge in [-0.2, -0.15) is 0 Å². The highest BCUT2D eigenvalue weighted by molar-refractivity contribution is 5.70. The normalized spacial score (nSPS) is 25.4. The van der Waals surface area contributed by atoms with Crippen LogP contribution in [0.2, 0.25) is 0 Å². The van der Waals surface area contributed by atoms with Crippen molar-refractivity contribution in [3.63, 3.8) is 0 Å². The molecule has 0 aromatic heterocycles. The quantitative estimate of drug-likeness (QED) is 0.702. The van der Waals surface area contributed by atoms with E-state index in [4.69, 9.17) is 4.84 Å². The van der Waals surface area contributed by atoms with Gasteiger partial charge in [0.15, 0.2) is 0 Å². The van der Waals surface area contributed by atoms with Crippen molar-refractivity contribution in [3.8, 4) is 0 Å².